The molecule has 20 heavy (non-hydrogen) atoms. The Labute approximate surface area is 120 Å². The highest BCUT2D eigenvalue weighted by atomic mass is 32.2. The number of aryl methyl sites for hydroxylation is 1. The van der Waals surface area contributed by atoms with E-state index in [1.807, 2.05) is 37.3 Å². The number of H-pyrrole nitrogens is 1. The first kappa shape index (κ1) is 12.9. The first-order chi connectivity index (χ1) is 9.74. The summed E-state index contributed by atoms with van der Waals surface area (Å²) in [6.45, 7) is 1.96. The van der Waals surface area contributed by atoms with E-state index in [1.165, 1.54) is 0 Å². The van der Waals surface area contributed by atoms with Crippen molar-refractivity contribution in [3.8, 4) is 0 Å². The third-order valence-electron chi connectivity index (χ3n) is 2.98. The summed E-state index contributed by atoms with van der Waals surface area (Å²) in [5.74, 6) is 1.27. The standard InChI is InChI=1S/C15H13N3OS/c1-10-5-4-6-11-14(10)17-12(18-15(11)19)9-20-13-7-2-3-8-16-13/h2-8H,9H2,1H3,(H,17,18,19). The van der Waals surface area contributed by atoms with Crippen LogP contribution in [0.5, 0.6) is 0 Å². The number of para-hydroxylation sites is 1. The van der Waals surface area contributed by atoms with Crippen LogP contribution in [0.15, 0.2) is 52.4 Å². The lowest BCUT2D eigenvalue weighted by molar-refractivity contribution is 1.03. The van der Waals surface area contributed by atoms with Gasteiger partial charge in [0, 0.05) is 6.20 Å². The topological polar surface area (TPSA) is 58.6 Å². The number of pyridine rings is 1. The fourth-order valence-electron chi connectivity index (χ4n) is 2.00. The van der Waals surface area contributed by atoms with Gasteiger partial charge in [-0.1, -0.05) is 30.0 Å². The molecule has 0 spiro atoms. The average Bonchev–Trinajstić information content (AvgIpc) is 2.47. The third kappa shape index (κ3) is 2.58. The van der Waals surface area contributed by atoms with Gasteiger partial charge in [0.15, 0.2) is 0 Å². The maximum absolute atomic E-state index is 12.0. The monoisotopic (exact) mass is 283 g/mol. The van der Waals surface area contributed by atoms with Gasteiger partial charge in [-0.3, -0.25) is 4.79 Å². The lowest BCUT2D eigenvalue weighted by atomic mass is 10.1. The second kappa shape index (κ2) is 5.46. The zero-order valence-electron chi connectivity index (χ0n) is 11.0. The van der Waals surface area contributed by atoms with Gasteiger partial charge in [-0.2, -0.15) is 0 Å². The van der Waals surface area contributed by atoms with E-state index in [1.54, 1.807) is 24.0 Å². The van der Waals surface area contributed by atoms with Gasteiger partial charge in [0.2, 0.25) is 0 Å². The Kier molecular flexibility index (Phi) is 3.52. The number of fused-ring (bicyclic) bond motifs is 1. The lowest BCUT2D eigenvalue weighted by Crippen LogP contribution is -2.11. The number of thioether (sulfide) groups is 1. The van der Waals surface area contributed by atoms with Crippen LogP contribution in [0.1, 0.15) is 11.4 Å². The van der Waals surface area contributed by atoms with E-state index in [4.69, 9.17) is 0 Å². The number of nitrogens with one attached hydrogen (secondary N) is 1. The molecule has 0 aliphatic carbocycles. The molecule has 4 nitrogen and oxygen atoms in total. The highest BCUT2D eigenvalue weighted by Gasteiger charge is 2.06. The minimum atomic E-state index is -0.0877. The van der Waals surface area contributed by atoms with E-state index in [-0.39, 0.29) is 5.56 Å². The molecule has 0 unspecified atom stereocenters. The lowest BCUT2D eigenvalue weighted by Gasteiger charge is -2.04. The van der Waals surface area contributed by atoms with E-state index < -0.39 is 0 Å². The molecule has 1 aromatic carbocycles. The number of hydrogen-bond donors (Lipinski definition) is 1. The summed E-state index contributed by atoms with van der Waals surface area (Å²) in [7, 11) is 0. The van der Waals surface area contributed by atoms with Gasteiger partial charge in [-0.15, -0.1) is 0 Å². The molecule has 5 heteroatoms. The number of benzene rings is 1. The average molecular weight is 283 g/mol. The van der Waals surface area contributed by atoms with Crippen molar-refractivity contribution in [2.45, 2.75) is 17.7 Å². The molecule has 0 aliphatic heterocycles. The summed E-state index contributed by atoms with van der Waals surface area (Å²) in [5, 5.41) is 1.55. The fourth-order valence-corrected chi connectivity index (χ4v) is 2.73. The molecule has 100 valence electrons. The van der Waals surface area contributed by atoms with Crippen molar-refractivity contribution in [1.29, 1.82) is 0 Å². The smallest absolute Gasteiger partial charge is 0.258 e. The Hall–Kier alpha value is -2.14. The number of nitrogens with zero attached hydrogens (tertiary/aromatic N) is 2. The summed E-state index contributed by atoms with van der Waals surface area (Å²) in [5.41, 5.74) is 1.70. The molecule has 0 atom stereocenters. The van der Waals surface area contributed by atoms with Crippen molar-refractivity contribution in [1.82, 2.24) is 15.0 Å². The van der Waals surface area contributed by atoms with Crippen LogP contribution in [0.3, 0.4) is 0 Å². The molecule has 0 amide bonds. The van der Waals surface area contributed by atoms with Crippen molar-refractivity contribution >= 4 is 22.7 Å². The Morgan fingerprint density at radius 3 is 2.90 bits per heavy atom. The van der Waals surface area contributed by atoms with Gasteiger partial charge in [0.1, 0.15) is 5.82 Å². The predicted molar refractivity (Wildman–Crippen MR) is 80.9 cm³/mol. The van der Waals surface area contributed by atoms with E-state index >= 15 is 0 Å². The van der Waals surface area contributed by atoms with E-state index in [0.717, 1.165) is 16.1 Å². The minimum Gasteiger partial charge on any atom is -0.309 e. The number of rotatable bonds is 3. The molecule has 0 fully saturated rings. The van der Waals surface area contributed by atoms with Crippen LogP contribution in [0.4, 0.5) is 0 Å². The summed E-state index contributed by atoms with van der Waals surface area (Å²) in [4.78, 5) is 23.7. The molecular weight excluding hydrogens is 270 g/mol. The highest BCUT2D eigenvalue weighted by Crippen LogP contribution is 2.19. The molecule has 0 radical (unpaired) electrons. The van der Waals surface area contributed by atoms with Crippen LogP contribution in [-0.4, -0.2) is 15.0 Å². The number of aromatic amines is 1. The quantitative estimate of drug-likeness (QED) is 0.751. The third-order valence-corrected chi connectivity index (χ3v) is 3.94. The van der Waals surface area contributed by atoms with Gasteiger partial charge in [0.05, 0.1) is 21.7 Å². The molecule has 0 bridgehead atoms. The zero-order chi connectivity index (χ0) is 13.9. The maximum atomic E-state index is 12.0. The van der Waals surface area contributed by atoms with E-state index in [9.17, 15) is 4.79 Å². The van der Waals surface area contributed by atoms with Crippen molar-refractivity contribution in [3.63, 3.8) is 0 Å². The van der Waals surface area contributed by atoms with Crippen LogP contribution >= 0.6 is 11.8 Å². The Morgan fingerprint density at radius 2 is 2.10 bits per heavy atom. The van der Waals surface area contributed by atoms with Crippen molar-refractivity contribution in [2.24, 2.45) is 0 Å². The van der Waals surface area contributed by atoms with E-state index in [2.05, 4.69) is 15.0 Å². The fraction of sp³-hybridized carbons (Fsp3) is 0.133. The van der Waals surface area contributed by atoms with Crippen LogP contribution in [0, 0.1) is 6.92 Å². The maximum Gasteiger partial charge on any atom is 0.258 e. The Bertz CT molecular complexity index is 799. The van der Waals surface area contributed by atoms with Gasteiger partial charge in [-0.25, -0.2) is 9.97 Å². The van der Waals surface area contributed by atoms with Crippen molar-refractivity contribution in [3.05, 3.63) is 64.3 Å². The first-order valence-corrected chi connectivity index (χ1v) is 7.25. The van der Waals surface area contributed by atoms with Gasteiger partial charge in [-0.05, 0) is 30.7 Å². The molecular formula is C15H13N3OS. The molecule has 2 aromatic heterocycles. The normalized spacial score (nSPS) is 10.8. The van der Waals surface area contributed by atoms with Crippen LogP contribution in [0.25, 0.3) is 10.9 Å². The zero-order valence-corrected chi connectivity index (χ0v) is 11.8. The predicted octanol–water partition coefficient (Wildman–Crippen LogP) is 2.92. The van der Waals surface area contributed by atoms with Crippen LogP contribution < -0.4 is 5.56 Å². The van der Waals surface area contributed by atoms with Crippen LogP contribution in [-0.2, 0) is 5.75 Å². The summed E-state index contributed by atoms with van der Waals surface area (Å²) in [6.07, 6.45) is 1.75. The molecule has 0 saturated heterocycles. The number of aromatic nitrogens is 3. The molecule has 3 rings (SSSR count). The van der Waals surface area contributed by atoms with Gasteiger partial charge >= 0.3 is 0 Å². The molecule has 3 aromatic rings. The molecule has 2 heterocycles. The largest absolute Gasteiger partial charge is 0.309 e. The van der Waals surface area contributed by atoms with Crippen molar-refractivity contribution < 1.29 is 0 Å². The molecule has 0 aliphatic rings. The summed E-state index contributed by atoms with van der Waals surface area (Å²) < 4.78 is 0. The summed E-state index contributed by atoms with van der Waals surface area (Å²) in [6, 6.07) is 11.4. The Morgan fingerprint density at radius 1 is 1.20 bits per heavy atom. The second-order valence-electron chi connectivity index (χ2n) is 4.44. The molecule has 0 saturated carbocycles. The van der Waals surface area contributed by atoms with Crippen molar-refractivity contribution in [2.75, 3.05) is 0 Å². The second-order valence-corrected chi connectivity index (χ2v) is 5.44. The summed E-state index contributed by atoms with van der Waals surface area (Å²) >= 11 is 1.55. The highest BCUT2D eigenvalue weighted by molar-refractivity contribution is 7.98. The SMILES string of the molecule is Cc1cccc2c(=O)[nH]c(CSc3ccccn3)nc12. The Balaban J connectivity index is 1.93. The van der Waals surface area contributed by atoms with Gasteiger partial charge in [0.25, 0.3) is 5.56 Å². The van der Waals surface area contributed by atoms with Gasteiger partial charge < -0.3 is 4.98 Å². The van der Waals surface area contributed by atoms with E-state index in [0.29, 0.717) is 17.0 Å². The molecule has 1 N–H and O–H groups in total. The number of hydrogen-bond acceptors (Lipinski definition) is 4. The first-order valence-electron chi connectivity index (χ1n) is 6.26. The minimum absolute atomic E-state index is 0.0877. The van der Waals surface area contributed by atoms with Crippen LogP contribution in [0.2, 0.25) is 0 Å².